The standard InChI is InChI=1S/C15H19N/c1-2-6-13(7-3-1)12-16-14-8-4-9-15(16)11-5-10-14/h1-3,6-8,15H,4-5,9-12H2. The maximum atomic E-state index is 2.64. The van der Waals surface area contributed by atoms with Crippen molar-refractivity contribution < 1.29 is 0 Å². The van der Waals surface area contributed by atoms with E-state index in [1.54, 1.807) is 5.70 Å². The van der Waals surface area contributed by atoms with Gasteiger partial charge in [0, 0.05) is 18.3 Å². The third-order valence-corrected chi connectivity index (χ3v) is 3.86. The highest BCUT2D eigenvalue weighted by Gasteiger charge is 2.27. The van der Waals surface area contributed by atoms with E-state index in [1.807, 2.05) is 0 Å². The molecule has 0 amide bonds. The van der Waals surface area contributed by atoms with Crippen molar-refractivity contribution in [2.45, 2.75) is 44.7 Å². The van der Waals surface area contributed by atoms with Crippen molar-refractivity contribution in [3.63, 3.8) is 0 Å². The van der Waals surface area contributed by atoms with Crippen LogP contribution in [0.5, 0.6) is 0 Å². The van der Waals surface area contributed by atoms with Crippen LogP contribution in [-0.2, 0) is 6.54 Å². The van der Waals surface area contributed by atoms with Crippen molar-refractivity contribution in [2.24, 2.45) is 0 Å². The third-order valence-electron chi connectivity index (χ3n) is 3.86. The zero-order chi connectivity index (χ0) is 10.8. The second-order valence-corrected chi connectivity index (χ2v) is 4.93. The molecule has 1 aromatic rings. The third kappa shape index (κ3) is 1.87. The molecule has 1 saturated heterocycles. The summed E-state index contributed by atoms with van der Waals surface area (Å²) in [7, 11) is 0. The number of hydrogen-bond donors (Lipinski definition) is 0. The van der Waals surface area contributed by atoms with Gasteiger partial charge in [-0.3, -0.25) is 0 Å². The van der Waals surface area contributed by atoms with E-state index in [1.165, 1.54) is 37.7 Å². The molecular weight excluding hydrogens is 194 g/mol. The Balaban J connectivity index is 1.79. The highest BCUT2D eigenvalue weighted by atomic mass is 15.2. The smallest absolute Gasteiger partial charge is 0.0429 e. The molecule has 2 bridgehead atoms. The molecule has 0 N–H and O–H groups in total. The van der Waals surface area contributed by atoms with E-state index in [2.05, 4.69) is 41.3 Å². The summed E-state index contributed by atoms with van der Waals surface area (Å²) in [6.45, 7) is 1.11. The highest BCUT2D eigenvalue weighted by Crippen LogP contribution is 2.34. The van der Waals surface area contributed by atoms with Gasteiger partial charge in [0.15, 0.2) is 0 Å². The molecule has 0 spiro atoms. The van der Waals surface area contributed by atoms with E-state index in [0.717, 1.165) is 12.6 Å². The van der Waals surface area contributed by atoms with E-state index < -0.39 is 0 Å². The zero-order valence-corrected chi connectivity index (χ0v) is 9.73. The van der Waals surface area contributed by atoms with Crippen molar-refractivity contribution in [2.75, 3.05) is 0 Å². The lowest BCUT2D eigenvalue weighted by atomic mass is 9.90. The summed E-state index contributed by atoms with van der Waals surface area (Å²) in [5, 5.41) is 0. The Kier molecular flexibility index (Phi) is 2.69. The minimum atomic E-state index is 0.814. The van der Waals surface area contributed by atoms with E-state index >= 15 is 0 Å². The fourth-order valence-electron chi connectivity index (χ4n) is 3.03. The lowest BCUT2D eigenvalue weighted by Crippen LogP contribution is -2.39. The van der Waals surface area contributed by atoms with Gasteiger partial charge in [0.2, 0.25) is 0 Å². The van der Waals surface area contributed by atoms with Gasteiger partial charge in [-0.2, -0.15) is 0 Å². The van der Waals surface area contributed by atoms with E-state index in [-0.39, 0.29) is 0 Å². The van der Waals surface area contributed by atoms with Crippen LogP contribution in [0.2, 0.25) is 0 Å². The monoisotopic (exact) mass is 213 g/mol. The van der Waals surface area contributed by atoms with Gasteiger partial charge in [-0.15, -0.1) is 0 Å². The predicted octanol–water partition coefficient (Wildman–Crippen LogP) is 3.72. The van der Waals surface area contributed by atoms with Gasteiger partial charge in [-0.05, 0) is 37.7 Å². The maximum Gasteiger partial charge on any atom is 0.0429 e. The second-order valence-electron chi connectivity index (χ2n) is 4.93. The van der Waals surface area contributed by atoms with E-state index in [4.69, 9.17) is 0 Å². The average Bonchev–Trinajstić information content (AvgIpc) is 2.30. The Labute approximate surface area is 97.8 Å². The summed E-state index contributed by atoms with van der Waals surface area (Å²) in [4.78, 5) is 2.64. The van der Waals surface area contributed by atoms with E-state index in [0.29, 0.717) is 0 Å². The first-order chi connectivity index (χ1) is 7.93. The molecule has 1 heteroatoms. The van der Waals surface area contributed by atoms with Crippen LogP contribution in [0.3, 0.4) is 0 Å². The molecule has 1 aromatic carbocycles. The summed E-state index contributed by atoms with van der Waals surface area (Å²) in [5.41, 5.74) is 3.05. The number of nitrogens with zero attached hydrogens (tertiary/aromatic N) is 1. The number of fused-ring (bicyclic) bond motifs is 2. The molecule has 0 aliphatic carbocycles. The van der Waals surface area contributed by atoms with Gasteiger partial charge in [0.1, 0.15) is 0 Å². The Morgan fingerprint density at radius 2 is 2.00 bits per heavy atom. The molecule has 3 rings (SSSR count). The summed E-state index contributed by atoms with van der Waals surface area (Å²) in [5.74, 6) is 0. The van der Waals surface area contributed by atoms with Crippen LogP contribution >= 0.6 is 0 Å². The van der Waals surface area contributed by atoms with Crippen LogP contribution in [0.1, 0.15) is 37.7 Å². The van der Waals surface area contributed by atoms with Crippen molar-refractivity contribution in [3.8, 4) is 0 Å². The normalized spacial score (nSPS) is 24.1. The van der Waals surface area contributed by atoms with Crippen LogP contribution in [-0.4, -0.2) is 10.9 Å². The van der Waals surface area contributed by atoms with Crippen molar-refractivity contribution in [1.29, 1.82) is 0 Å². The number of allylic oxidation sites excluding steroid dienone is 2. The first-order valence-electron chi connectivity index (χ1n) is 6.43. The quantitative estimate of drug-likeness (QED) is 0.723. The number of hydrogen-bond acceptors (Lipinski definition) is 1. The minimum absolute atomic E-state index is 0.814. The zero-order valence-electron chi connectivity index (χ0n) is 9.73. The molecule has 0 aromatic heterocycles. The molecule has 2 aliphatic rings. The van der Waals surface area contributed by atoms with Gasteiger partial charge < -0.3 is 4.90 Å². The predicted molar refractivity (Wildman–Crippen MR) is 66.9 cm³/mol. The van der Waals surface area contributed by atoms with Gasteiger partial charge in [0.05, 0.1) is 0 Å². The molecule has 1 nitrogen and oxygen atoms in total. The molecule has 16 heavy (non-hydrogen) atoms. The minimum Gasteiger partial charge on any atom is -0.368 e. The van der Waals surface area contributed by atoms with Crippen LogP contribution in [0, 0.1) is 0 Å². The number of rotatable bonds is 2. The van der Waals surface area contributed by atoms with Crippen molar-refractivity contribution in [1.82, 2.24) is 4.90 Å². The highest BCUT2D eigenvalue weighted by molar-refractivity contribution is 5.18. The molecular formula is C15H19N. The van der Waals surface area contributed by atoms with Crippen molar-refractivity contribution >= 4 is 0 Å². The summed E-state index contributed by atoms with van der Waals surface area (Å²) >= 11 is 0. The topological polar surface area (TPSA) is 3.24 Å². The SMILES string of the molecule is C1=C2CCCC(CC1)N2Cc1ccccc1. The Morgan fingerprint density at radius 1 is 1.12 bits per heavy atom. The van der Waals surface area contributed by atoms with Crippen LogP contribution in [0.25, 0.3) is 0 Å². The van der Waals surface area contributed by atoms with Gasteiger partial charge in [-0.1, -0.05) is 36.4 Å². The Bertz CT molecular complexity index is 380. The Hall–Kier alpha value is -1.24. The van der Waals surface area contributed by atoms with Crippen LogP contribution < -0.4 is 0 Å². The summed E-state index contributed by atoms with van der Waals surface area (Å²) < 4.78 is 0. The number of benzene rings is 1. The molecule has 0 radical (unpaired) electrons. The molecule has 0 saturated carbocycles. The Morgan fingerprint density at radius 3 is 2.81 bits per heavy atom. The summed E-state index contributed by atoms with van der Waals surface area (Å²) in [6, 6.07) is 11.7. The first kappa shape index (κ1) is 9.95. The molecule has 1 atom stereocenters. The molecule has 2 heterocycles. The molecule has 2 aliphatic heterocycles. The van der Waals surface area contributed by atoms with Gasteiger partial charge >= 0.3 is 0 Å². The van der Waals surface area contributed by atoms with Gasteiger partial charge in [0.25, 0.3) is 0 Å². The van der Waals surface area contributed by atoms with Crippen LogP contribution in [0.4, 0.5) is 0 Å². The van der Waals surface area contributed by atoms with Crippen LogP contribution in [0.15, 0.2) is 42.1 Å². The first-order valence-corrected chi connectivity index (χ1v) is 6.43. The lowest BCUT2D eigenvalue weighted by Gasteiger charge is -2.42. The fraction of sp³-hybridized carbons (Fsp3) is 0.467. The summed E-state index contributed by atoms with van der Waals surface area (Å²) in [6.07, 6.45) is 9.19. The fourth-order valence-corrected chi connectivity index (χ4v) is 3.03. The average molecular weight is 213 g/mol. The maximum absolute atomic E-state index is 2.64. The second kappa shape index (κ2) is 4.32. The molecule has 84 valence electrons. The van der Waals surface area contributed by atoms with Gasteiger partial charge in [-0.25, -0.2) is 0 Å². The molecule has 1 unspecified atom stereocenters. The van der Waals surface area contributed by atoms with Crippen molar-refractivity contribution in [3.05, 3.63) is 47.7 Å². The largest absolute Gasteiger partial charge is 0.368 e. The van der Waals surface area contributed by atoms with E-state index in [9.17, 15) is 0 Å². The molecule has 1 fully saturated rings. The lowest BCUT2D eigenvalue weighted by molar-refractivity contribution is 0.168. The number of piperidine rings is 1.